The number of rotatable bonds is 5. The van der Waals surface area contributed by atoms with Crippen LogP contribution in [0.15, 0.2) is 46.7 Å². The number of hydrogen-bond donors (Lipinski definition) is 1. The van der Waals surface area contributed by atoms with E-state index < -0.39 is 26.4 Å². The highest BCUT2D eigenvalue weighted by Gasteiger charge is 2.20. The van der Waals surface area contributed by atoms with Crippen LogP contribution in [-0.4, -0.2) is 37.3 Å². The number of nitrogens with zero attached hydrogens (tertiary/aromatic N) is 2. The van der Waals surface area contributed by atoms with Crippen LogP contribution in [0.4, 0.5) is 10.8 Å². The van der Waals surface area contributed by atoms with Gasteiger partial charge in [0, 0.05) is 34.9 Å². The molecule has 0 radical (unpaired) electrons. The van der Waals surface area contributed by atoms with Gasteiger partial charge in [0.1, 0.15) is 0 Å². The van der Waals surface area contributed by atoms with E-state index in [-0.39, 0.29) is 22.4 Å². The maximum absolute atomic E-state index is 12.6. The third-order valence-corrected chi connectivity index (χ3v) is 6.04. The largest absolute Gasteiger partial charge is 0.454 e. The topological polar surface area (TPSA) is 138 Å². The number of non-ortho nitro benzene ring substituents is 1. The van der Waals surface area contributed by atoms with Gasteiger partial charge in [0.15, 0.2) is 26.5 Å². The summed E-state index contributed by atoms with van der Waals surface area (Å²) in [5.74, 6) is 0.515. The summed E-state index contributed by atoms with van der Waals surface area (Å²) < 4.78 is 34.2. The second kappa shape index (κ2) is 7.39. The average Bonchev–Trinajstić information content (AvgIpc) is 3.35. The highest BCUT2D eigenvalue weighted by Crippen LogP contribution is 2.36. The van der Waals surface area contributed by atoms with Crippen LogP contribution < -0.4 is 14.8 Å². The second-order valence-corrected chi connectivity index (χ2v) is 9.18. The van der Waals surface area contributed by atoms with Gasteiger partial charge in [0.2, 0.25) is 6.79 Å². The highest BCUT2D eigenvalue weighted by molar-refractivity contribution is 7.90. The Labute approximate surface area is 174 Å². The summed E-state index contributed by atoms with van der Waals surface area (Å²) in [6.07, 6.45) is 0.909. The Bertz CT molecular complexity index is 1280. The van der Waals surface area contributed by atoms with E-state index in [0.29, 0.717) is 17.2 Å². The zero-order chi connectivity index (χ0) is 21.5. The number of aromatic nitrogens is 1. The van der Waals surface area contributed by atoms with E-state index in [0.717, 1.165) is 41.4 Å². The van der Waals surface area contributed by atoms with Gasteiger partial charge >= 0.3 is 0 Å². The molecule has 12 heteroatoms. The summed E-state index contributed by atoms with van der Waals surface area (Å²) in [7, 11) is -3.74. The molecule has 3 aromatic rings. The Morgan fingerprint density at radius 1 is 1.20 bits per heavy atom. The fourth-order valence-electron chi connectivity index (χ4n) is 2.72. The number of nitro groups is 1. The number of ether oxygens (including phenoxy) is 2. The van der Waals surface area contributed by atoms with Crippen LogP contribution in [0, 0.1) is 10.1 Å². The molecule has 2 heterocycles. The Morgan fingerprint density at radius 2 is 1.97 bits per heavy atom. The molecular formula is C18H13N3O7S2. The first-order chi connectivity index (χ1) is 14.2. The predicted molar refractivity (Wildman–Crippen MR) is 108 cm³/mol. The van der Waals surface area contributed by atoms with Crippen molar-refractivity contribution in [3.05, 3.63) is 57.5 Å². The fourth-order valence-corrected chi connectivity index (χ4v) is 4.11. The van der Waals surface area contributed by atoms with Gasteiger partial charge in [0.05, 0.1) is 15.5 Å². The molecule has 154 valence electrons. The van der Waals surface area contributed by atoms with E-state index in [4.69, 9.17) is 9.47 Å². The van der Waals surface area contributed by atoms with E-state index in [9.17, 15) is 23.3 Å². The minimum atomic E-state index is -3.74. The number of nitrogens with one attached hydrogen (secondary N) is 1. The average molecular weight is 447 g/mol. The van der Waals surface area contributed by atoms with E-state index in [1.165, 1.54) is 0 Å². The molecule has 2 aromatic carbocycles. The summed E-state index contributed by atoms with van der Waals surface area (Å²) in [6, 6.07) is 8.33. The molecule has 1 aromatic heterocycles. The van der Waals surface area contributed by atoms with Gasteiger partial charge in [-0.3, -0.25) is 20.2 Å². The monoisotopic (exact) mass is 447 g/mol. The summed E-state index contributed by atoms with van der Waals surface area (Å²) in [5.41, 5.74) is 0.683. The molecule has 0 fully saturated rings. The zero-order valence-corrected chi connectivity index (χ0v) is 17.0. The minimum Gasteiger partial charge on any atom is -0.454 e. The van der Waals surface area contributed by atoms with Crippen molar-refractivity contribution < 1.29 is 27.6 Å². The molecule has 1 N–H and O–H groups in total. The van der Waals surface area contributed by atoms with Gasteiger partial charge in [0.25, 0.3) is 11.6 Å². The molecule has 1 aliphatic heterocycles. The van der Waals surface area contributed by atoms with Gasteiger partial charge in [-0.05, 0) is 24.3 Å². The predicted octanol–water partition coefficient (Wildman–Crippen LogP) is 3.10. The molecule has 4 rings (SSSR count). The lowest BCUT2D eigenvalue weighted by molar-refractivity contribution is -0.385. The number of nitro benzene ring substituents is 1. The first kappa shape index (κ1) is 19.8. The summed E-state index contributed by atoms with van der Waals surface area (Å²) in [4.78, 5) is 26.9. The summed E-state index contributed by atoms with van der Waals surface area (Å²) >= 11 is 1.15. The molecule has 10 nitrogen and oxygen atoms in total. The molecule has 0 atom stereocenters. The highest BCUT2D eigenvalue weighted by atomic mass is 32.2. The molecular weight excluding hydrogens is 434 g/mol. The van der Waals surface area contributed by atoms with E-state index in [1.54, 1.807) is 23.6 Å². The van der Waals surface area contributed by atoms with E-state index >= 15 is 0 Å². The third kappa shape index (κ3) is 3.95. The molecule has 1 aliphatic rings. The van der Waals surface area contributed by atoms with Crippen LogP contribution in [-0.2, 0) is 9.84 Å². The molecule has 0 saturated carbocycles. The third-order valence-electron chi connectivity index (χ3n) is 4.19. The molecule has 0 spiro atoms. The maximum Gasteiger partial charge on any atom is 0.271 e. The van der Waals surface area contributed by atoms with Gasteiger partial charge < -0.3 is 9.47 Å². The Balaban J connectivity index is 1.59. The van der Waals surface area contributed by atoms with E-state index in [1.807, 2.05) is 0 Å². The van der Waals surface area contributed by atoms with Crippen LogP contribution in [0.1, 0.15) is 10.4 Å². The second-order valence-electron chi connectivity index (χ2n) is 6.30. The van der Waals surface area contributed by atoms with Gasteiger partial charge in [-0.25, -0.2) is 13.4 Å². The van der Waals surface area contributed by atoms with Crippen LogP contribution >= 0.6 is 11.3 Å². The molecule has 30 heavy (non-hydrogen) atoms. The van der Waals surface area contributed by atoms with Gasteiger partial charge in [-0.2, -0.15) is 0 Å². The van der Waals surface area contributed by atoms with Crippen molar-refractivity contribution in [2.24, 2.45) is 0 Å². The number of carbonyl (C=O) groups is 1. The molecule has 1 amide bonds. The number of anilines is 1. The number of hydrogen-bond acceptors (Lipinski definition) is 9. The summed E-state index contributed by atoms with van der Waals surface area (Å²) in [5, 5.41) is 15.6. The van der Waals surface area contributed by atoms with Gasteiger partial charge in [-0.1, -0.05) is 0 Å². The summed E-state index contributed by atoms with van der Waals surface area (Å²) in [6.45, 7) is 0.149. The smallest absolute Gasteiger partial charge is 0.271 e. The maximum atomic E-state index is 12.6. The number of fused-ring (bicyclic) bond motifs is 1. The number of thiazole rings is 1. The number of sulfone groups is 1. The lowest BCUT2D eigenvalue weighted by atomic mass is 10.1. The fraction of sp³-hybridized carbons (Fsp3) is 0.111. The van der Waals surface area contributed by atoms with Crippen molar-refractivity contribution in [2.45, 2.75) is 4.90 Å². The van der Waals surface area contributed by atoms with Crippen molar-refractivity contribution in [3.63, 3.8) is 0 Å². The Kier molecular flexibility index (Phi) is 4.87. The lowest BCUT2D eigenvalue weighted by Gasteiger charge is -2.05. The lowest BCUT2D eigenvalue weighted by Crippen LogP contribution is -2.13. The number of amides is 1. The quantitative estimate of drug-likeness (QED) is 0.465. The van der Waals surface area contributed by atoms with Gasteiger partial charge in [-0.15, -0.1) is 11.3 Å². The van der Waals surface area contributed by atoms with Crippen molar-refractivity contribution in [1.29, 1.82) is 0 Å². The molecule has 0 aliphatic carbocycles. The zero-order valence-electron chi connectivity index (χ0n) is 15.3. The van der Waals surface area contributed by atoms with Crippen molar-refractivity contribution in [3.8, 4) is 22.8 Å². The SMILES string of the molecule is CS(=O)(=O)c1cc(C(=O)Nc2nc(-c3ccc4c(c3)OCO4)cs2)cc([N+](=O)[O-])c1. The van der Waals surface area contributed by atoms with Crippen molar-refractivity contribution >= 4 is 37.9 Å². The normalized spacial score (nSPS) is 12.6. The van der Waals surface area contributed by atoms with Crippen LogP contribution in [0.2, 0.25) is 0 Å². The van der Waals surface area contributed by atoms with E-state index in [2.05, 4.69) is 10.3 Å². The number of benzene rings is 2. The molecule has 0 bridgehead atoms. The first-order valence-electron chi connectivity index (χ1n) is 8.37. The standard InChI is InChI=1S/C18H13N3O7S2/c1-30(25,26)13-5-11(4-12(7-13)21(23)24)17(22)20-18-19-14(8-29-18)10-2-3-15-16(6-10)28-9-27-15/h2-8H,9H2,1H3,(H,19,20,22). The van der Waals surface area contributed by atoms with Crippen molar-refractivity contribution in [1.82, 2.24) is 4.98 Å². The minimum absolute atomic E-state index is 0.149. The van der Waals surface area contributed by atoms with Crippen LogP contribution in [0.5, 0.6) is 11.5 Å². The van der Waals surface area contributed by atoms with Crippen molar-refractivity contribution in [2.75, 3.05) is 18.4 Å². The Hall–Kier alpha value is -3.51. The molecule has 0 saturated heterocycles. The van der Waals surface area contributed by atoms with Crippen LogP contribution in [0.3, 0.4) is 0 Å². The first-order valence-corrected chi connectivity index (χ1v) is 11.1. The van der Waals surface area contributed by atoms with Crippen LogP contribution in [0.25, 0.3) is 11.3 Å². The molecule has 0 unspecified atom stereocenters. The number of carbonyl (C=O) groups excluding carboxylic acids is 1. The Morgan fingerprint density at radius 3 is 2.70 bits per heavy atom.